The number of halogens is 1. The van der Waals surface area contributed by atoms with E-state index in [9.17, 15) is 0 Å². The zero-order valence-corrected chi connectivity index (χ0v) is 17.6. The van der Waals surface area contributed by atoms with Crippen molar-refractivity contribution in [1.82, 2.24) is 0 Å². The second kappa shape index (κ2) is 7.28. The van der Waals surface area contributed by atoms with Crippen LogP contribution in [0.3, 0.4) is 0 Å². The highest BCUT2D eigenvalue weighted by molar-refractivity contribution is 9.10. The molecule has 0 N–H and O–H groups in total. The van der Waals surface area contributed by atoms with Gasteiger partial charge in [-0.25, -0.2) is 0 Å². The Bertz CT molecular complexity index is 866. The Kier molecular flexibility index (Phi) is 5.24. The topological polar surface area (TPSA) is 24.8 Å². The van der Waals surface area contributed by atoms with Crippen molar-refractivity contribution in [2.24, 2.45) is 4.99 Å². The quantitative estimate of drug-likeness (QED) is 0.555. The number of hydrogen-bond acceptors (Lipinski definition) is 3. The predicted molar refractivity (Wildman–Crippen MR) is 115 cm³/mol. The molecule has 0 saturated heterocycles. The lowest BCUT2D eigenvalue weighted by atomic mass is 9.88. The van der Waals surface area contributed by atoms with Crippen LogP contribution in [0.1, 0.15) is 38.8 Å². The number of methoxy groups -OCH3 is 1. The maximum Gasteiger partial charge on any atom is 0.129 e. The van der Waals surface area contributed by atoms with Crippen molar-refractivity contribution in [3.63, 3.8) is 0 Å². The van der Waals surface area contributed by atoms with Crippen LogP contribution < -0.4 is 9.64 Å². The summed E-state index contributed by atoms with van der Waals surface area (Å²) in [5.41, 5.74) is 5.63. The lowest BCUT2D eigenvalue weighted by molar-refractivity contribution is 0.413. The van der Waals surface area contributed by atoms with E-state index in [4.69, 9.17) is 4.74 Å². The van der Waals surface area contributed by atoms with Crippen LogP contribution in [0, 0.1) is 0 Å². The van der Waals surface area contributed by atoms with Gasteiger partial charge >= 0.3 is 0 Å². The molecule has 136 valence electrons. The first-order chi connectivity index (χ1) is 12.4. The number of anilines is 1. The molecule has 0 saturated carbocycles. The van der Waals surface area contributed by atoms with E-state index in [1.165, 1.54) is 16.8 Å². The number of rotatable bonds is 4. The van der Waals surface area contributed by atoms with E-state index in [1.54, 1.807) is 7.11 Å². The summed E-state index contributed by atoms with van der Waals surface area (Å²) in [5.74, 6) is 0.841. The molecular weight excluding hydrogens is 388 g/mol. The molecule has 0 atom stereocenters. The summed E-state index contributed by atoms with van der Waals surface area (Å²) in [7, 11) is 1.71. The van der Waals surface area contributed by atoms with Crippen LogP contribution in [-0.2, 0) is 0 Å². The minimum absolute atomic E-state index is 0.0100. The van der Waals surface area contributed by atoms with Crippen molar-refractivity contribution in [2.45, 2.75) is 33.2 Å². The molecule has 1 heterocycles. The van der Waals surface area contributed by atoms with Crippen LogP contribution in [0.2, 0.25) is 0 Å². The third-order valence-corrected chi connectivity index (χ3v) is 5.35. The van der Waals surface area contributed by atoms with Crippen molar-refractivity contribution < 1.29 is 4.74 Å². The summed E-state index contributed by atoms with van der Waals surface area (Å²) in [6.07, 6.45) is 4.21. The highest BCUT2D eigenvalue weighted by Gasteiger charge is 2.31. The fourth-order valence-electron chi connectivity index (χ4n) is 3.65. The molecule has 1 aliphatic heterocycles. The van der Waals surface area contributed by atoms with Crippen molar-refractivity contribution in [1.29, 1.82) is 0 Å². The zero-order valence-electron chi connectivity index (χ0n) is 16.0. The first-order valence-corrected chi connectivity index (χ1v) is 9.64. The average Bonchev–Trinajstić information content (AvgIpc) is 2.60. The maximum atomic E-state index is 5.67. The van der Waals surface area contributed by atoms with Crippen molar-refractivity contribution >= 4 is 39.1 Å². The smallest absolute Gasteiger partial charge is 0.129 e. The number of fused-ring (bicyclic) bond motifs is 1. The number of ether oxygens (including phenoxy) is 1. The number of hydrogen-bond donors (Lipinski definition) is 0. The highest BCUT2D eigenvalue weighted by atomic mass is 79.9. The molecule has 0 aromatic heterocycles. The molecule has 3 rings (SSSR count). The molecule has 1 aliphatic rings. The molecule has 3 nitrogen and oxygen atoms in total. The molecule has 2 aromatic rings. The van der Waals surface area contributed by atoms with E-state index in [0.717, 1.165) is 28.0 Å². The van der Waals surface area contributed by atoms with Gasteiger partial charge in [0.15, 0.2) is 0 Å². The summed E-state index contributed by atoms with van der Waals surface area (Å²) in [4.78, 5) is 7.02. The molecule has 2 aromatic carbocycles. The molecule has 26 heavy (non-hydrogen) atoms. The Balaban J connectivity index is 2.06. The first-order valence-electron chi connectivity index (χ1n) is 8.85. The predicted octanol–water partition coefficient (Wildman–Crippen LogP) is 6.23. The van der Waals surface area contributed by atoms with Gasteiger partial charge in [-0.15, -0.1) is 0 Å². The van der Waals surface area contributed by atoms with Gasteiger partial charge in [-0.3, -0.25) is 4.99 Å². The fraction of sp³-hybridized carbons (Fsp3) is 0.318. The second-order valence-corrected chi connectivity index (χ2v) is 7.99. The zero-order chi connectivity index (χ0) is 18.9. The van der Waals surface area contributed by atoms with Gasteiger partial charge in [0.25, 0.3) is 0 Å². The molecule has 0 amide bonds. The summed E-state index contributed by atoms with van der Waals surface area (Å²) >= 11 is 3.45. The molecule has 0 aliphatic carbocycles. The van der Waals surface area contributed by atoms with Gasteiger partial charge in [-0.2, -0.15) is 0 Å². The van der Waals surface area contributed by atoms with Gasteiger partial charge in [0.2, 0.25) is 0 Å². The van der Waals surface area contributed by atoms with Crippen LogP contribution in [0.5, 0.6) is 5.75 Å². The standard InChI is InChI=1S/C22H25BrN2O/c1-6-25-20-12-21(26-5)16(11-19(20)15(2)13-22(25,3)4)14-24-18-9-7-17(23)8-10-18/h7-14H,6H2,1-5H3. The van der Waals surface area contributed by atoms with Crippen LogP contribution in [0.15, 0.2) is 51.9 Å². The van der Waals surface area contributed by atoms with Crippen LogP contribution >= 0.6 is 15.9 Å². The monoisotopic (exact) mass is 412 g/mol. The SMILES string of the molecule is CCN1c2cc(OC)c(C=Nc3ccc(Br)cc3)cc2C(C)=CC1(C)C. The summed E-state index contributed by atoms with van der Waals surface area (Å²) in [5, 5.41) is 0. The Labute approximate surface area is 164 Å². The summed E-state index contributed by atoms with van der Waals surface area (Å²) in [6, 6.07) is 12.3. The minimum Gasteiger partial charge on any atom is -0.496 e. The number of aliphatic imine (C=N–C) groups is 1. The second-order valence-electron chi connectivity index (χ2n) is 7.07. The number of benzene rings is 2. The van der Waals surface area contributed by atoms with E-state index in [-0.39, 0.29) is 5.54 Å². The van der Waals surface area contributed by atoms with E-state index in [2.05, 4.69) is 71.7 Å². The molecule has 4 heteroatoms. The van der Waals surface area contributed by atoms with Crippen molar-refractivity contribution in [3.05, 3.63) is 58.1 Å². The van der Waals surface area contributed by atoms with Crippen LogP contribution in [0.4, 0.5) is 11.4 Å². The fourth-order valence-corrected chi connectivity index (χ4v) is 3.91. The minimum atomic E-state index is -0.0100. The Morgan fingerprint density at radius 1 is 1.19 bits per heavy atom. The van der Waals surface area contributed by atoms with Gasteiger partial charge in [0.05, 0.1) is 18.3 Å². The number of likely N-dealkylation sites (N-methyl/N-ethyl adjacent to an activating group) is 1. The normalized spacial score (nSPS) is 15.8. The largest absolute Gasteiger partial charge is 0.496 e. The Morgan fingerprint density at radius 3 is 2.50 bits per heavy atom. The summed E-state index contributed by atoms with van der Waals surface area (Å²) in [6.45, 7) is 9.81. The Morgan fingerprint density at radius 2 is 1.88 bits per heavy atom. The number of nitrogens with zero attached hydrogens (tertiary/aromatic N) is 2. The lowest BCUT2D eigenvalue weighted by Crippen LogP contribution is -2.44. The lowest BCUT2D eigenvalue weighted by Gasteiger charge is -2.43. The molecule has 0 fully saturated rings. The van der Waals surface area contributed by atoms with Gasteiger partial charge in [0, 0.05) is 40.1 Å². The van der Waals surface area contributed by atoms with E-state index >= 15 is 0 Å². The summed E-state index contributed by atoms with van der Waals surface area (Å²) < 4.78 is 6.72. The van der Waals surface area contributed by atoms with Crippen LogP contribution in [0.25, 0.3) is 5.57 Å². The van der Waals surface area contributed by atoms with E-state index in [1.807, 2.05) is 30.5 Å². The molecule has 0 radical (unpaired) electrons. The molecule has 0 spiro atoms. The highest BCUT2D eigenvalue weighted by Crippen LogP contribution is 2.41. The van der Waals surface area contributed by atoms with Gasteiger partial charge in [0.1, 0.15) is 5.75 Å². The molecule has 0 unspecified atom stereocenters. The third kappa shape index (κ3) is 3.56. The van der Waals surface area contributed by atoms with Crippen molar-refractivity contribution in [2.75, 3.05) is 18.6 Å². The van der Waals surface area contributed by atoms with E-state index < -0.39 is 0 Å². The van der Waals surface area contributed by atoms with Gasteiger partial charge in [-0.05, 0) is 63.6 Å². The van der Waals surface area contributed by atoms with Gasteiger partial charge in [-0.1, -0.05) is 22.0 Å². The Hall–Kier alpha value is -2.07. The number of allylic oxidation sites excluding steroid dienone is 1. The third-order valence-electron chi connectivity index (χ3n) is 4.82. The van der Waals surface area contributed by atoms with Crippen molar-refractivity contribution in [3.8, 4) is 5.75 Å². The van der Waals surface area contributed by atoms with Gasteiger partial charge < -0.3 is 9.64 Å². The first kappa shape index (κ1) is 18.7. The van der Waals surface area contributed by atoms with Crippen LogP contribution in [-0.4, -0.2) is 25.4 Å². The molecular formula is C22H25BrN2O. The maximum absolute atomic E-state index is 5.67. The van der Waals surface area contributed by atoms with E-state index in [0.29, 0.717) is 0 Å². The molecule has 0 bridgehead atoms. The average molecular weight is 413 g/mol.